The summed E-state index contributed by atoms with van der Waals surface area (Å²) in [6.07, 6.45) is 3.68. The number of nitrogens with one attached hydrogen (secondary N) is 1. The number of nitrogens with zero attached hydrogens (tertiary/aromatic N) is 1. The Morgan fingerprint density at radius 1 is 1.19 bits per heavy atom. The second-order valence-corrected chi connectivity index (χ2v) is 5.28. The van der Waals surface area contributed by atoms with E-state index in [1.165, 1.54) is 6.42 Å². The molecule has 0 radical (unpaired) electrons. The van der Waals surface area contributed by atoms with E-state index in [4.69, 9.17) is 5.11 Å². The summed E-state index contributed by atoms with van der Waals surface area (Å²) >= 11 is 0. The number of amides is 1. The van der Waals surface area contributed by atoms with Crippen molar-refractivity contribution in [3.05, 3.63) is 29.3 Å². The van der Waals surface area contributed by atoms with Crippen molar-refractivity contribution >= 4 is 5.91 Å². The summed E-state index contributed by atoms with van der Waals surface area (Å²) < 4.78 is 26.3. The Hall–Kier alpha value is -1.69. The third-order valence-corrected chi connectivity index (χ3v) is 3.63. The van der Waals surface area contributed by atoms with Gasteiger partial charge in [-0.2, -0.15) is 0 Å². The highest BCUT2D eigenvalue weighted by Crippen LogP contribution is 2.21. The van der Waals surface area contributed by atoms with Crippen molar-refractivity contribution in [3.63, 3.8) is 0 Å². The molecule has 0 aliphatic carbocycles. The molecule has 2 rings (SSSR count). The smallest absolute Gasteiger partial charge is 0.223 e. The van der Waals surface area contributed by atoms with Crippen molar-refractivity contribution in [2.75, 3.05) is 19.6 Å². The molecule has 1 heterocycles. The number of piperidine rings is 1. The van der Waals surface area contributed by atoms with Gasteiger partial charge in [0.15, 0.2) is 17.4 Å². The first-order valence-electron chi connectivity index (χ1n) is 7.23. The van der Waals surface area contributed by atoms with Crippen molar-refractivity contribution in [1.82, 2.24) is 10.2 Å². The highest BCUT2D eigenvalue weighted by atomic mass is 19.1. The maximum absolute atomic E-state index is 13.1. The molecular formula is C15H20F2N2O2. The largest absolute Gasteiger partial charge is 0.503 e. The summed E-state index contributed by atoms with van der Waals surface area (Å²) in [5, 5.41) is 12.0. The Morgan fingerprint density at radius 2 is 1.81 bits per heavy atom. The lowest BCUT2D eigenvalue weighted by atomic mass is 10.1. The first-order valence-corrected chi connectivity index (χ1v) is 7.23. The van der Waals surface area contributed by atoms with E-state index in [-0.39, 0.29) is 12.5 Å². The van der Waals surface area contributed by atoms with Crippen LogP contribution in [0.5, 0.6) is 5.75 Å². The molecule has 0 aromatic heterocycles. The summed E-state index contributed by atoms with van der Waals surface area (Å²) in [6, 6.07) is 2.16. The fourth-order valence-electron chi connectivity index (χ4n) is 2.45. The predicted octanol–water partition coefficient (Wildman–Crippen LogP) is 2.16. The van der Waals surface area contributed by atoms with E-state index in [0.29, 0.717) is 18.5 Å². The minimum absolute atomic E-state index is 0.116. The van der Waals surface area contributed by atoms with Crippen LogP contribution in [0.2, 0.25) is 0 Å². The average molecular weight is 298 g/mol. The number of aromatic hydroxyl groups is 1. The molecular weight excluding hydrogens is 278 g/mol. The summed E-state index contributed by atoms with van der Waals surface area (Å²) in [4.78, 5) is 13.8. The van der Waals surface area contributed by atoms with Gasteiger partial charge in [0, 0.05) is 32.6 Å². The number of carbonyl (C=O) groups excluding carboxylic acids is 1. The van der Waals surface area contributed by atoms with E-state index in [1.54, 1.807) is 0 Å². The highest BCUT2D eigenvalue weighted by molar-refractivity contribution is 5.76. The van der Waals surface area contributed by atoms with Gasteiger partial charge in [-0.3, -0.25) is 4.79 Å². The van der Waals surface area contributed by atoms with Crippen LogP contribution in [-0.4, -0.2) is 35.5 Å². The zero-order chi connectivity index (χ0) is 15.2. The van der Waals surface area contributed by atoms with Crippen molar-refractivity contribution in [1.29, 1.82) is 0 Å². The van der Waals surface area contributed by atoms with Crippen molar-refractivity contribution < 1.29 is 18.7 Å². The monoisotopic (exact) mass is 298 g/mol. The Morgan fingerprint density at radius 3 is 2.43 bits per heavy atom. The molecule has 1 aromatic rings. The van der Waals surface area contributed by atoms with Gasteiger partial charge < -0.3 is 15.3 Å². The number of rotatable bonds is 5. The normalized spacial score (nSPS) is 15.2. The van der Waals surface area contributed by atoms with Gasteiger partial charge in [0.25, 0.3) is 0 Å². The number of carbonyl (C=O) groups is 1. The second-order valence-electron chi connectivity index (χ2n) is 5.28. The van der Waals surface area contributed by atoms with Gasteiger partial charge in [0.2, 0.25) is 5.91 Å². The van der Waals surface area contributed by atoms with Gasteiger partial charge in [0.1, 0.15) is 0 Å². The Kier molecular flexibility index (Phi) is 5.50. The van der Waals surface area contributed by atoms with Crippen LogP contribution in [0.1, 0.15) is 31.2 Å². The Balaban J connectivity index is 1.73. The van der Waals surface area contributed by atoms with Gasteiger partial charge in [-0.1, -0.05) is 0 Å². The predicted molar refractivity (Wildman–Crippen MR) is 74.8 cm³/mol. The molecule has 0 spiro atoms. The zero-order valence-corrected chi connectivity index (χ0v) is 11.9. The summed E-state index contributed by atoms with van der Waals surface area (Å²) in [5.74, 6) is -2.79. The standard InChI is InChI=1S/C15H20F2N2O2/c16-12-8-11(9-13(17)15(12)21)10-18-5-4-14(20)19-6-2-1-3-7-19/h8-9,18,21H,1-7,10H2. The number of halogens is 2. The summed E-state index contributed by atoms with van der Waals surface area (Å²) in [5.41, 5.74) is 0.397. The maximum Gasteiger partial charge on any atom is 0.223 e. The van der Waals surface area contributed by atoms with Crippen LogP contribution in [-0.2, 0) is 11.3 Å². The zero-order valence-electron chi connectivity index (χ0n) is 11.9. The van der Waals surface area contributed by atoms with Crippen molar-refractivity contribution in [2.24, 2.45) is 0 Å². The lowest BCUT2D eigenvalue weighted by molar-refractivity contribution is -0.131. The molecule has 0 unspecified atom stereocenters. The van der Waals surface area contributed by atoms with E-state index in [1.807, 2.05) is 4.90 Å². The maximum atomic E-state index is 13.1. The lowest BCUT2D eigenvalue weighted by Crippen LogP contribution is -2.37. The molecule has 1 fully saturated rings. The summed E-state index contributed by atoms with van der Waals surface area (Å²) in [6.45, 7) is 2.36. The van der Waals surface area contributed by atoms with Crippen LogP contribution < -0.4 is 5.32 Å². The number of hydrogen-bond donors (Lipinski definition) is 2. The highest BCUT2D eigenvalue weighted by Gasteiger charge is 2.15. The minimum atomic E-state index is -0.976. The van der Waals surface area contributed by atoms with Gasteiger partial charge >= 0.3 is 0 Å². The van der Waals surface area contributed by atoms with Crippen molar-refractivity contribution in [2.45, 2.75) is 32.2 Å². The Bertz CT molecular complexity index is 479. The van der Waals surface area contributed by atoms with Crippen LogP contribution in [0.15, 0.2) is 12.1 Å². The van der Waals surface area contributed by atoms with Gasteiger partial charge in [0.05, 0.1) is 0 Å². The first-order chi connectivity index (χ1) is 10.1. The molecule has 0 saturated carbocycles. The van der Waals surface area contributed by atoms with Crippen LogP contribution >= 0.6 is 0 Å². The molecule has 1 aromatic carbocycles. The summed E-state index contributed by atoms with van der Waals surface area (Å²) in [7, 11) is 0. The molecule has 6 heteroatoms. The average Bonchev–Trinajstić information content (AvgIpc) is 2.49. The molecule has 0 atom stereocenters. The third-order valence-electron chi connectivity index (χ3n) is 3.63. The van der Waals surface area contributed by atoms with E-state index in [0.717, 1.165) is 38.1 Å². The number of phenols is 1. The SMILES string of the molecule is O=C(CCNCc1cc(F)c(O)c(F)c1)N1CCCCC1. The third kappa shape index (κ3) is 4.39. The number of phenolic OH excluding ortho intramolecular Hbond substituents is 1. The van der Waals surface area contributed by atoms with Crippen LogP contribution in [0, 0.1) is 11.6 Å². The topological polar surface area (TPSA) is 52.6 Å². The van der Waals surface area contributed by atoms with Crippen LogP contribution in [0.3, 0.4) is 0 Å². The van der Waals surface area contributed by atoms with Gasteiger partial charge in [-0.05, 0) is 37.0 Å². The van der Waals surface area contributed by atoms with Gasteiger partial charge in [-0.25, -0.2) is 8.78 Å². The second kappa shape index (κ2) is 7.36. The van der Waals surface area contributed by atoms with E-state index in [9.17, 15) is 13.6 Å². The Labute approximate surface area is 122 Å². The molecule has 1 aliphatic rings. The van der Waals surface area contributed by atoms with Crippen LogP contribution in [0.25, 0.3) is 0 Å². The molecule has 4 nitrogen and oxygen atoms in total. The van der Waals surface area contributed by atoms with E-state index >= 15 is 0 Å². The first kappa shape index (κ1) is 15.7. The van der Waals surface area contributed by atoms with Gasteiger partial charge in [-0.15, -0.1) is 0 Å². The molecule has 2 N–H and O–H groups in total. The lowest BCUT2D eigenvalue weighted by Gasteiger charge is -2.26. The number of benzene rings is 1. The fraction of sp³-hybridized carbons (Fsp3) is 0.533. The quantitative estimate of drug-likeness (QED) is 0.819. The molecule has 116 valence electrons. The minimum Gasteiger partial charge on any atom is -0.503 e. The number of likely N-dealkylation sites (tertiary alicyclic amines) is 1. The molecule has 1 amide bonds. The fourth-order valence-corrected chi connectivity index (χ4v) is 2.45. The molecule has 0 bridgehead atoms. The number of hydrogen-bond acceptors (Lipinski definition) is 3. The van der Waals surface area contributed by atoms with Crippen LogP contribution in [0.4, 0.5) is 8.78 Å². The molecule has 1 aliphatic heterocycles. The van der Waals surface area contributed by atoms with E-state index in [2.05, 4.69) is 5.32 Å². The van der Waals surface area contributed by atoms with E-state index < -0.39 is 17.4 Å². The molecule has 21 heavy (non-hydrogen) atoms. The van der Waals surface area contributed by atoms with Crippen molar-refractivity contribution in [3.8, 4) is 5.75 Å². The molecule has 1 saturated heterocycles.